The van der Waals surface area contributed by atoms with Gasteiger partial charge in [-0.1, -0.05) is 0 Å². The van der Waals surface area contributed by atoms with Crippen LogP contribution >= 0.6 is 0 Å². The summed E-state index contributed by atoms with van der Waals surface area (Å²) in [6.45, 7) is 1.08. The number of aliphatic hydroxyl groups excluding tert-OH is 1. The number of primary amides is 2. The van der Waals surface area contributed by atoms with E-state index in [9.17, 15) is 38.7 Å². The minimum Gasteiger partial charge on any atom is -0.481 e. The third kappa shape index (κ3) is 11.4. The maximum Gasteiger partial charge on any atom is 0.326 e. The summed E-state index contributed by atoms with van der Waals surface area (Å²) in [6, 6.07) is -6.51. The van der Waals surface area contributed by atoms with Crippen molar-refractivity contribution >= 4 is 41.5 Å². The average molecular weight is 476 g/mol. The minimum absolute atomic E-state index is 0.277. The van der Waals surface area contributed by atoms with Crippen LogP contribution < -0.4 is 33.2 Å². The van der Waals surface area contributed by atoms with Crippen molar-refractivity contribution < 1.29 is 48.9 Å². The lowest BCUT2D eigenvalue weighted by molar-refractivity contribution is -0.144. The lowest BCUT2D eigenvalue weighted by Crippen LogP contribution is -2.60. The van der Waals surface area contributed by atoms with Crippen molar-refractivity contribution in [2.45, 2.75) is 62.9 Å². The number of aliphatic carboxylic acids is 2. The number of aliphatic hydroxyl groups is 1. The molecule has 0 spiro atoms. The molecule has 0 aliphatic heterocycles. The molecule has 0 aliphatic carbocycles. The fourth-order valence-corrected chi connectivity index (χ4v) is 2.42. The summed E-state index contributed by atoms with van der Waals surface area (Å²) in [4.78, 5) is 81.1. The van der Waals surface area contributed by atoms with Crippen LogP contribution in [0.2, 0.25) is 0 Å². The topological polar surface area (TPSA) is 294 Å². The molecule has 33 heavy (non-hydrogen) atoms. The molecule has 0 fully saturated rings. The number of hydrogen-bond donors (Lipinski definition) is 9. The maximum atomic E-state index is 12.6. The molecule has 0 radical (unpaired) electrons. The summed E-state index contributed by atoms with van der Waals surface area (Å²) in [6.07, 6.45) is -3.81. The van der Waals surface area contributed by atoms with Crippen molar-refractivity contribution in [1.82, 2.24) is 16.0 Å². The fourth-order valence-electron chi connectivity index (χ4n) is 2.42. The van der Waals surface area contributed by atoms with E-state index in [4.69, 9.17) is 27.4 Å². The Kier molecular flexibility index (Phi) is 12.0. The molecule has 5 unspecified atom stereocenters. The highest BCUT2D eigenvalue weighted by Gasteiger charge is 2.33. The zero-order valence-electron chi connectivity index (χ0n) is 17.6. The Balaban J connectivity index is 5.43. The quantitative estimate of drug-likeness (QED) is 0.108. The summed E-state index contributed by atoms with van der Waals surface area (Å²) < 4.78 is 0. The van der Waals surface area contributed by atoms with E-state index in [2.05, 4.69) is 5.32 Å². The molecule has 0 rings (SSSR count). The summed E-state index contributed by atoms with van der Waals surface area (Å²) in [5.74, 6) is -8.23. The molecule has 0 aromatic heterocycles. The zero-order chi connectivity index (χ0) is 25.9. The summed E-state index contributed by atoms with van der Waals surface area (Å²) >= 11 is 0. The molecule has 0 heterocycles. The largest absolute Gasteiger partial charge is 0.481 e. The van der Waals surface area contributed by atoms with Gasteiger partial charge in [-0.3, -0.25) is 28.8 Å². The van der Waals surface area contributed by atoms with Crippen LogP contribution in [-0.4, -0.2) is 87.1 Å². The van der Waals surface area contributed by atoms with E-state index in [0.717, 1.165) is 6.92 Å². The Morgan fingerprint density at radius 1 is 0.788 bits per heavy atom. The second-order valence-electron chi connectivity index (χ2n) is 7.07. The predicted molar refractivity (Wildman–Crippen MR) is 108 cm³/mol. The number of carbonyl (C=O) groups is 7. The molecule has 186 valence electrons. The monoisotopic (exact) mass is 476 g/mol. The smallest absolute Gasteiger partial charge is 0.326 e. The Morgan fingerprint density at radius 2 is 1.27 bits per heavy atom. The van der Waals surface area contributed by atoms with Gasteiger partial charge in [0.25, 0.3) is 0 Å². The van der Waals surface area contributed by atoms with E-state index >= 15 is 0 Å². The standard InChI is InChI=1S/C17H28N6O10/c1-6(24)13(16(31)22-9(17(32)33)5-11(20)26)23-15(30)8(4-10(19)25)21-14(29)7(18)2-3-12(27)28/h6-9,13,24H,2-5,18H2,1H3,(H2,19,25)(H2,20,26)(H,21,29)(H,22,31)(H,23,30)(H,27,28)(H,32,33). The van der Waals surface area contributed by atoms with Crippen LogP contribution in [0.1, 0.15) is 32.6 Å². The molecule has 0 bridgehead atoms. The molecule has 5 amide bonds. The zero-order valence-corrected chi connectivity index (χ0v) is 17.6. The number of rotatable bonds is 15. The van der Waals surface area contributed by atoms with Crippen LogP contribution in [0.5, 0.6) is 0 Å². The van der Waals surface area contributed by atoms with Crippen LogP contribution in [0.3, 0.4) is 0 Å². The van der Waals surface area contributed by atoms with Gasteiger partial charge in [0.05, 0.1) is 25.0 Å². The number of nitrogens with two attached hydrogens (primary N) is 3. The van der Waals surface area contributed by atoms with Gasteiger partial charge in [-0.15, -0.1) is 0 Å². The maximum absolute atomic E-state index is 12.6. The molecule has 0 saturated carbocycles. The first-order valence-corrected chi connectivity index (χ1v) is 9.51. The average Bonchev–Trinajstić information content (AvgIpc) is 2.67. The predicted octanol–water partition coefficient (Wildman–Crippen LogP) is -5.15. The Morgan fingerprint density at radius 3 is 1.70 bits per heavy atom. The number of amides is 5. The van der Waals surface area contributed by atoms with Gasteiger partial charge in [-0.2, -0.15) is 0 Å². The molecule has 16 heteroatoms. The first kappa shape index (κ1) is 29.2. The lowest BCUT2D eigenvalue weighted by Gasteiger charge is -2.26. The highest BCUT2D eigenvalue weighted by atomic mass is 16.4. The lowest BCUT2D eigenvalue weighted by atomic mass is 10.1. The summed E-state index contributed by atoms with van der Waals surface area (Å²) in [7, 11) is 0. The van der Waals surface area contributed by atoms with Crippen LogP contribution in [-0.2, 0) is 33.6 Å². The van der Waals surface area contributed by atoms with Crippen LogP contribution in [0.25, 0.3) is 0 Å². The summed E-state index contributed by atoms with van der Waals surface area (Å²) in [5, 5.41) is 33.6. The van der Waals surface area contributed by atoms with E-state index in [0.29, 0.717) is 0 Å². The van der Waals surface area contributed by atoms with Crippen molar-refractivity contribution in [3.05, 3.63) is 0 Å². The highest BCUT2D eigenvalue weighted by molar-refractivity contribution is 5.96. The fraction of sp³-hybridized carbons (Fsp3) is 0.588. The van der Waals surface area contributed by atoms with Crippen molar-refractivity contribution in [2.75, 3.05) is 0 Å². The molecule has 0 aromatic rings. The molecule has 5 atom stereocenters. The Hall–Kier alpha value is -3.79. The molecular weight excluding hydrogens is 448 g/mol. The molecular formula is C17H28N6O10. The second kappa shape index (κ2) is 13.6. The van der Waals surface area contributed by atoms with Crippen LogP contribution in [0.15, 0.2) is 0 Å². The Bertz CT molecular complexity index is 786. The normalized spacial score (nSPS) is 15.1. The number of nitrogens with one attached hydrogen (secondary N) is 3. The van der Waals surface area contributed by atoms with Crippen molar-refractivity contribution in [3.8, 4) is 0 Å². The van der Waals surface area contributed by atoms with Crippen molar-refractivity contribution in [3.63, 3.8) is 0 Å². The number of carboxylic acid groups (broad SMARTS) is 2. The van der Waals surface area contributed by atoms with Gasteiger partial charge in [-0.25, -0.2) is 4.79 Å². The van der Waals surface area contributed by atoms with Crippen molar-refractivity contribution in [2.24, 2.45) is 17.2 Å². The first-order chi connectivity index (χ1) is 15.1. The van der Waals surface area contributed by atoms with Crippen molar-refractivity contribution in [1.29, 1.82) is 0 Å². The van der Waals surface area contributed by atoms with E-state index < -0.39 is 91.0 Å². The molecule has 12 N–H and O–H groups in total. The van der Waals surface area contributed by atoms with Gasteiger partial charge in [-0.05, 0) is 13.3 Å². The highest BCUT2D eigenvalue weighted by Crippen LogP contribution is 2.02. The molecule has 0 saturated heterocycles. The van der Waals surface area contributed by atoms with E-state index in [1.165, 1.54) is 0 Å². The Labute approximate surface area is 187 Å². The van der Waals surface area contributed by atoms with E-state index in [-0.39, 0.29) is 6.42 Å². The van der Waals surface area contributed by atoms with Gasteiger partial charge in [0, 0.05) is 6.42 Å². The number of hydrogen-bond acceptors (Lipinski definition) is 9. The number of carboxylic acids is 2. The van der Waals surface area contributed by atoms with Gasteiger partial charge < -0.3 is 48.5 Å². The number of carbonyl (C=O) groups excluding carboxylic acids is 5. The van der Waals surface area contributed by atoms with E-state index in [1.807, 2.05) is 10.6 Å². The second-order valence-corrected chi connectivity index (χ2v) is 7.07. The van der Waals surface area contributed by atoms with Gasteiger partial charge in [0.2, 0.25) is 29.5 Å². The van der Waals surface area contributed by atoms with Crippen LogP contribution in [0.4, 0.5) is 0 Å². The van der Waals surface area contributed by atoms with Gasteiger partial charge in [0.1, 0.15) is 18.1 Å². The molecule has 0 aliphatic rings. The van der Waals surface area contributed by atoms with Crippen LogP contribution in [0, 0.1) is 0 Å². The SMILES string of the molecule is CC(O)C(NC(=O)C(CC(N)=O)NC(=O)C(N)CCC(=O)O)C(=O)NC(CC(N)=O)C(=O)O. The third-order valence-electron chi connectivity index (χ3n) is 4.13. The summed E-state index contributed by atoms with van der Waals surface area (Å²) in [5.41, 5.74) is 15.5. The van der Waals surface area contributed by atoms with E-state index in [1.54, 1.807) is 0 Å². The first-order valence-electron chi connectivity index (χ1n) is 9.51. The van der Waals surface area contributed by atoms with Gasteiger partial charge in [0.15, 0.2) is 0 Å². The minimum atomic E-state index is -1.76. The van der Waals surface area contributed by atoms with Gasteiger partial charge >= 0.3 is 11.9 Å². The third-order valence-corrected chi connectivity index (χ3v) is 4.13. The molecule has 16 nitrogen and oxygen atoms in total. The molecule has 0 aromatic carbocycles.